The van der Waals surface area contributed by atoms with Gasteiger partial charge in [-0.2, -0.15) is 5.26 Å². The standard InChI is InChI=1S/C13H22N2O4S/c14-6-2-1-3-11-20(16,17)15-7-4-12(5-8-15)13-18-9-10-19-13/h12-13H,1-5,7-11H2. The van der Waals surface area contributed by atoms with Crippen molar-refractivity contribution in [1.29, 1.82) is 5.26 Å². The Hall–Kier alpha value is -0.680. The third kappa shape index (κ3) is 4.16. The molecule has 0 aliphatic carbocycles. The first-order chi connectivity index (χ1) is 9.63. The summed E-state index contributed by atoms with van der Waals surface area (Å²) in [5.41, 5.74) is 0. The fourth-order valence-electron chi connectivity index (χ4n) is 2.69. The van der Waals surface area contributed by atoms with Crippen molar-refractivity contribution in [3.63, 3.8) is 0 Å². The Morgan fingerprint density at radius 1 is 1.15 bits per heavy atom. The average Bonchev–Trinajstić information content (AvgIpc) is 2.98. The van der Waals surface area contributed by atoms with Gasteiger partial charge >= 0.3 is 0 Å². The molecule has 2 fully saturated rings. The minimum absolute atomic E-state index is 0.143. The van der Waals surface area contributed by atoms with E-state index >= 15 is 0 Å². The molecule has 114 valence electrons. The van der Waals surface area contributed by atoms with Gasteiger partial charge in [0.2, 0.25) is 10.0 Å². The number of unbranched alkanes of at least 4 members (excludes halogenated alkanes) is 2. The molecule has 0 atom stereocenters. The Bertz CT molecular complexity index is 432. The van der Waals surface area contributed by atoms with Gasteiger partial charge in [0.15, 0.2) is 6.29 Å². The number of nitriles is 1. The lowest BCUT2D eigenvalue weighted by molar-refractivity contribution is -0.0938. The van der Waals surface area contributed by atoms with Crippen LogP contribution in [-0.2, 0) is 19.5 Å². The molecular formula is C13H22N2O4S. The second-order valence-corrected chi connectivity index (χ2v) is 7.37. The van der Waals surface area contributed by atoms with Crippen molar-refractivity contribution in [2.75, 3.05) is 32.1 Å². The van der Waals surface area contributed by atoms with Crippen LogP contribution in [0, 0.1) is 17.2 Å². The monoisotopic (exact) mass is 302 g/mol. The zero-order valence-electron chi connectivity index (χ0n) is 11.7. The van der Waals surface area contributed by atoms with Crippen molar-refractivity contribution in [2.45, 2.75) is 38.4 Å². The van der Waals surface area contributed by atoms with E-state index in [0.717, 1.165) is 12.8 Å². The van der Waals surface area contributed by atoms with Gasteiger partial charge in [0.25, 0.3) is 0 Å². The van der Waals surface area contributed by atoms with E-state index in [1.165, 1.54) is 0 Å². The molecule has 2 rings (SSSR count). The summed E-state index contributed by atoms with van der Waals surface area (Å²) < 4.78 is 36.9. The van der Waals surface area contributed by atoms with E-state index in [1.54, 1.807) is 4.31 Å². The predicted molar refractivity (Wildman–Crippen MR) is 73.2 cm³/mol. The first-order valence-electron chi connectivity index (χ1n) is 7.21. The van der Waals surface area contributed by atoms with Crippen molar-refractivity contribution in [3.05, 3.63) is 0 Å². The molecule has 2 aliphatic heterocycles. The summed E-state index contributed by atoms with van der Waals surface area (Å²) >= 11 is 0. The number of rotatable bonds is 6. The summed E-state index contributed by atoms with van der Waals surface area (Å²) in [5, 5.41) is 8.44. The maximum atomic E-state index is 12.2. The second-order valence-electron chi connectivity index (χ2n) is 5.28. The predicted octanol–water partition coefficient (Wildman–Crippen LogP) is 1.09. The van der Waals surface area contributed by atoms with Gasteiger partial charge in [-0.15, -0.1) is 0 Å². The zero-order valence-corrected chi connectivity index (χ0v) is 12.5. The maximum absolute atomic E-state index is 12.2. The van der Waals surface area contributed by atoms with E-state index in [9.17, 15) is 8.42 Å². The van der Waals surface area contributed by atoms with Crippen LogP contribution in [-0.4, -0.2) is 51.1 Å². The summed E-state index contributed by atoms with van der Waals surface area (Å²) in [6.45, 7) is 2.38. The number of hydrogen-bond acceptors (Lipinski definition) is 5. The third-order valence-corrected chi connectivity index (χ3v) is 5.82. The highest BCUT2D eigenvalue weighted by Gasteiger charge is 2.33. The maximum Gasteiger partial charge on any atom is 0.214 e. The second kappa shape index (κ2) is 7.36. The number of nitrogens with zero attached hydrogens (tertiary/aromatic N) is 2. The summed E-state index contributed by atoms with van der Waals surface area (Å²) in [5.74, 6) is 0.456. The van der Waals surface area contributed by atoms with Crippen LogP contribution in [0.25, 0.3) is 0 Å². The number of hydrogen-bond donors (Lipinski definition) is 0. The molecule has 6 nitrogen and oxygen atoms in total. The number of piperidine rings is 1. The lowest BCUT2D eigenvalue weighted by atomic mass is 9.98. The lowest BCUT2D eigenvalue weighted by Gasteiger charge is -2.33. The molecule has 2 aliphatic rings. The first-order valence-corrected chi connectivity index (χ1v) is 8.82. The molecule has 0 aromatic rings. The minimum Gasteiger partial charge on any atom is -0.350 e. The summed E-state index contributed by atoms with van der Waals surface area (Å²) in [4.78, 5) is 0. The normalized spacial score (nSPS) is 22.9. The molecule has 2 heterocycles. The van der Waals surface area contributed by atoms with Crippen molar-refractivity contribution >= 4 is 10.0 Å². The Morgan fingerprint density at radius 2 is 1.80 bits per heavy atom. The van der Waals surface area contributed by atoms with Gasteiger partial charge in [-0.25, -0.2) is 12.7 Å². The minimum atomic E-state index is -3.17. The molecule has 0 aromatic heterocycles. The zero-order chi connectivity index (χ0) is 14.4. The fraction of sp³-hybridized carbons (Fsp3) is 0.923. The van der Waals surface area contributed by atoms with E-state index in [0.29, 0.717) is 51.5 Å². The summed E-state index contributed by atoms with van der Waals surface area (Å²) in [6.07, 6.45) is 3.08. The van der Waals surface area contributed by atoms with Crippen LogP contribution in [0.15, 0.2) is 0 Å². The Labute approximate surface area is 120 Å². The van der Waals surface area contributed by atoms with Gasteiger partial charge in [-0.3, -0.25) is 0 Å². The molecule has 20 heavy (non-hydrogen) atoms. The van der Waals surface area contributed by atoms with Crippen LogP contribution in [0.1, 0.15) is 32.1 Å². The largest absolute Gasteiger partial charge is 0.350 e. The van der Waals surface area contributed by atoms with Crippen LogP contribution in [0.4, 0.5) is 0 Å². The van der Waals surface area contributed by atoms with Gasteiger partial charge in [0.1, 0.15) is 0 Å². The Kier molecular flexibility index (Phi) is 5.78. The molecule has 0 unspecified atom stereocenters. The molecule has 0 saturated carbocycles. The Morgan fingerprint density at radius 3 is 2.40 bits per heavy atom. The molecule has 0 bridgehead atoms. The fourth-order valence-corrected chi connectivity index (χ4v) is 4.29. The smallest absolute Gasteiger partial charge is 0.214 e. The molecule has 0 spiro atoms. The summed E-state index contributed by atoms with van der Waals surface area (Å²) in [6, 6.07) is 2.03. The molecule has 0 radical (unpaired) electrons. The third-order valence-electron chi connectivity index (χ3n) is 3.87. The van der Waals surface area contributed by atoms with E-state index in [4.69, 9.17) is 14.7 Å². The van der Waals surface area contributed by atoms with Crippen molar-refractivity contribution < 1.29 is 17.9 Å². The van der Waals surface area contributed by atoms with E-state index in [-0.39, 0.29) is 12.0 Å². The summed E-state index contributed by atoms with van der Waals surface area (Å²) in [7, 11) is -3.17. The molecule has 7 heteroatoms. The highest BCUT2D eigenvalue weighted by molar-refractivity contribution is 7.89. The molecule has 0 N–H and O–H groups in total. The average molecular weight is 302 g/mol. The number of sulfonamides is 1. The molecule has 2 saturated heterocycles. The van der Waals surface area contributed by atoms with Crippen LogP contribution < -0.4 is 0 Å². The molecule has 0 amide bonds. The Balaban J connectivity index is 1.75. The van der Waals surface area contributed by atoms with Crippen LogP contribution in [0.3, 0.4) is 0 Å². The molecular weight excluding hydrogens is 280 g/mol. The van der Waals surface area contributed by atoms with Gasteiger partial charge in [0.05, 0.1) is 25.0 Å². The van der Waals surface area contributed by atoms with Crippen molar-refractivity contribution in [2.24, 2.45) is 5.92 Å². The van der Waals surface area contributed by atoms with E-state index in [2.05, 4.69) is 0 Å². The topological polar surface area (TPSA) is 79.6 Å². The van der Waals surface area contributed by atoms with Gasteiger partial charge in [-0.05, 0) is 25.7 Å². The van der Waals surface area contributed by atoms with Gasteiger partial charge < -0.3 is 9.47 Å². The lowest BCUT2D eigenvalue weighted by Crippen LogP contribution is -2.42. The van der Waals surface area contributed by atoms with Gasteiger partial charge in [0, 0.05) is 25.4 Å². The van der Waals surface area contributed by atoms with E-state index < -0.39 is 10.0 Å². The van der Waals surface area contributed by atoms with Crippen molar-refractivity contribution in [3.8, 4) is 6.07 Å². The van der Waals surface area contributed by atoms with Gasteiger partial charge in [-0.1, -0.05) is 0 Å². The highest BCUT2D eigenvalue weighted by Crippen LogP contribution is 2.27. The van der Waals surface area contributed by atoms with Crippen LogP contribution >= 0.6 is 0 Å². The quantitative estimate of drug-likeness (QED) is 0.686. The van der Waals surface area contributed by atoms with Crippen molar-refractivity contribution in [1.82, 2.24) is 4.31 Å². The van der Waals surface area contributed by atoms with Crippen LogP contribution in [0.2, 0.25) is 0 Å². The first kappa shape index (κ1) is 15.7. The van der Waals surface area contributed by atoms with Crippen LogP contribution in [0.5, 0.6) is 0 Å². The highest BCUT2D eigenvalue weighted by atomic mass is 32.2. The number of ether oxygens (including phenoxy) is 2. The SMILES string of the molecule is N#CCCCCS(=O)(=O)N1CCC(C2OCCO2)CC1. The molecule has 0 aromatic carbocycles. The van der Waals surface area contributed by atoms with E-state index in [1.807, 2.05) is 6.07 Å².